The Balaban J connectivity index is 2.04. The third-order valence-electron chi connectivity index (χ3n) is 3.88. The van der Waals surface area contributed by atoms with Gasteiger partial charge in [-0.05, 0) is 53.2 Å². The van der Waals surface area contributed by atoms with Crippen molar-refractivity contribution in [1.82, 2.24) is 5.32 Å². The second kappa shape index (κ2) is 6.02. The van der Waals surface area contributed by atoms with Gasteiger partial charge in [0.1, 0.15) is 5.75 Å². The van der Waals surface area contributed by atoms with Crippen LogP contribution in [0.4, 0.5) is 0 Å². The lowest BCUT2D eigenvalue weighted by atomic mass is 9.92. The molecule has 1 N–H and O–H groups in total. The molecule has 1 aliphatic rings. The highest BCUT2D eigenvalue weighted by Crippen LogP contribution is 2.37. The topological polar surface area (TPSA) is 39.7 Å². The Morgan fingerprint density at radius 3 is 2.18 bits per heavy atom. The molecule has 4 nitrogen and oxygen atoms in total. The molecule has 1 heterocycles. The zero-order valence-corrected chi connectivity index (χ0v) is 12.9. The van der Waals surface area contributed by atoms with E-state index in [4.69, 9.17) is 14.2 Å². The molecule has 0 spiro atoms. The van der Waals surface area contributed by atoms with Crippen LogP contribution < -0.4 is 19.5 Å². The molecule has 1 aliphatic heterocycles. The fraction of sp³-hybridized carbons (Fsp3) is 0.222. The fourth-order valence-corrected chi connectivity index (χ4v) is 2.70. The van der Waals surface area contributed by atoms with Crippen molar-refractivity contribution in [3.63, 3.8) is 0 Å². The van der Waals surface area contributed by atoms with Crippen molar-refractivity contribution < 1.29 is 14.2 Å². The number of benzene rings is 2. The van der Waals surface area contributed by atoms with Crippen molar-refractivity contribution in [3.05, 3.63) is 59.3 Å². The molecular formula is C18H19NO3. The predicted octanol–water partition coefficient (Wildman–Crippen LogP) is 3.38. The summed E-state index contributed by atoms with van der Waals surface area (Å²) in [6.07, 6.45) is 4.00. The van der Waals surface area contributed by atoms with Gasteiger partial charge in [-0.1, -0.05) is 12.1 Å². The third kappa shape index (κ3) is 2.48. The van der Waals surface area contributed by atoms with Crippen LogP contribution >= 0.6 is 0 Å². The van der Waals surface area contributed by atoms with E-state index in [-0.39, 0.29) is 6.04 Å². The van der Waals surface area contributed by atoms with E-state index in [2.05, 4.69) is 17.4 Å². The van der Waals surface area contributed by atoms with Gasteiger partial charge in [-0.2, -0.15) is 0 Å². The predicted molar refractivity (Wildman–Crippen MR) is 86.6 cm³/mol. The van der Waals surface area contributed by atoms with Gasteiger partial charge in [0.15, 0.2) is 11.5 Å². The summed E-state index contributed by atoms with van der Waals surface area (Å²) in [6, 6.07) is 12.2. The normalized spacial score (nSPS) is 15.7. The van der Waals surface area contributed by atoms with Crippen LogP contribution in [-0.2, 0) is 0 Å². The first kappa shape index (κ1) is 14.3. The molecule has 0 bridgehead atoms. The van der Waals surface area contributed by atoms with Crippen molar-refractivity contribution in [2.24, 2.45) is 0 Å². The number of ether oxygens (including phenoxy) is 3. The summed E-state index contributed by atoms with van der Waals surface area (Å²) in [5.41, 5.74) is 3.45. The van der Waals surface area contributed by atoms with Gasteiger partial charge >= 0.3 is 0 Å². The van der Waals surface area contributed by atoms with E-state index < -0.39 is 0 Å². The van der Waals surface area contributed by atoms with Crippen molar-refractivity contribution in [1.29, 1.82) is 0 Å². The Labute approximate surface area is 130 Å². The van der Waals surface area contributed by atoms with Crippen molar-refractivity contribution in [2.75, 3.05) is 21.3 Å². The molecule has 0 aliphatic carbocycles. The van der Waals surface area contributed by atoms with Gasteiger partial charge in [0.05, 0.1) is 27.4 Å². The molecular weight excluding hydrogens is 278 g/mol. The molecule has 0 fully saturated rings. The van der Waals surface area contributed by atoms with Crippen LogP contribution in [0.25, 0.3) is 6.08 Å². The monoisotopic (exact) mass is 297 g/mol. The fourth-order valence-electron chi connectivity index (χ4n) is 2.70. The van der Waals surface area contributed by atoms with Crippen molar-refractivity contribution in [2.45, 2.75) is 6.04 Å². The zero-order chi connectivity index (χ0) is 15.5. The number of fused-ring (bicyclic) bond motifs is 1. The van der Waals surface area contributed by atoms with Crippen LogP contribution in [0.5, 0.6) is 17.2 Å². The summed E-state index contributed by atoms with van der Waals surface area (Å²) < 4.78 is 16.0. The minimum absolute atomic E-state index is 0.0747. The summed E-state index contributed by atoms with van der Waals surface area (Å²) in [6.45, 7) is 0. The quantitative estimate of drug-likeness (QED) is 0.939. The first-order valence-electron chi connectivity index (χ1n) is 7.09. The molecule has 3 rings (SSSR count). The van der Waals surface area contributed by atoms with Gasteiger partial charge in [-0.3, -0.25) is 0 Å². The van der Waals surface area contributed by atoms with Crippen LogP contribution in [0.3, 0.4) is 0 Å². The minimum atomic E-state index is 0.0747. The van der Waals surface area contributed by atoms with Crippen LogP contribution in [0.2, 0.25) is 0 Å². The lowest BCUT2D eigenvalue weighted by Crippen LogP contribution is -2.21. The zero-order valence-electron chi connectivity index (χ0n) is 12.9. The Morgan fingerprint density at radius 2 is 1.55 bits per heavy atom. The number of methoxy groups -OCH3 is 3. The maximum atomic E-state index is 5.43. The van der Waals surface area contributed by atoms with Crippen LogP contribution in [0.1, 0.15) is 22.7 Å². The molecule has 2 aromatic rings. The molecule has 0 aromatic heterocycles. The molecule has 2 aromatic carbocycles. The molecule has 22 heavy (non-hydrogen) atoms. The average Bonchev–Trinajstić information content (AvgIpc) is 2.60. The Kier molecular flexibility index (Phi) is 3.92. The maximum Gasteiger partial charge on any atom is 0.161 e. The average molecular weight is 297 g/mol. The van der Waals surface area contributed by atoms with Gasteiger partial charge in [-0.15, -0.1) is 0 Å². The first-order chi connectivity index (χ1) is 10.8. The van der Waals surface area contributed by atoms with Crippen LogP contribution in [0, 0.1) is 0 Å². The van der Waals surface area contributed by atoms with E-state index in [1.54, 1.807) is 21.3 Å². The largest absolute Gasteiger partial charge is 0.497 e. The molecule has 114 valence electrons. The highest BCUT2D eigenvalue weighted by Gasteiger charge is 2.21. The lowest BCUT2D eigenvalue weighted by molar-refractivity contribution is 0.354. The van der Waals surface area contributed by atoms with Crippen molar-refractivity contribution in [3.8, 4) is 17.2 Å². The molecule has 0 saturated heterocycles. The molecule has 0 saturated carbocycles. The highest BCUT2D eigenvalue weighted by molar-refractivity contribution is 5.64. The standard InChI is InChI=1S/C18H19NO3/c1-20-14-6-4-12(5-7-14)18-15-11-17(22-3)16(21-2)10-13(15)8-9-19-18/h4-11,18-19H,1-3H3. The lowest BCUT2D eigenvalue weighted by Gasteiger charge is -2.25. The minimum Gasteiger partial charge on any atom is -0.497 e. The van der Waals surface area contributed by atoms with Crippen molar-refractivity contribution >= 4 is 6.08 Å². The van der Waals surface area contributed by atoms with Gasteiger partial charge < -0.3 is 19.5 Å². The Morgan fingerprint density at radius 1 is 0.864 bits per heavy atom. The van der Waals surface area contributed by atoms with E-state index in [0.29, 0.717) is 0 Å². The third-order valence-corrected chi connectivity index (χ3v) is 3.88. The van der Waals surface area contributed by atoms with Gasteiger partial charge in [-0.25, -0.2) is 0 Å². The van der Waals surface area contributed by atoms with Gasteiger partial charge in [0.25, 0.3) is 0 Å². The smallest absolute Gasteiger partial charge is 0.161 e. The number of hydrogen-bond donors (Lipinski definition) is 1. The Bertz CT molecular complexity index is 692. The van der Waals surface area contributed by atoms with E-state index in [1.807, 2.05) is 36.5 Å². The van der Waals surface area contributed by atoms with Gasteiger partial charge in [0, 0.05) is 0 Å². The SMILES string of the molecule is COc1ccc(C2NC=Cc3cc(OC)c(OC)cc32)cc1. The summed E-state index contributed by atoms with van der Waals surface area (Å²) in [7, 11) is 4.97. The molecule has 1 atom stereocenters. The maximum absolute atomic E-state index is 5.43. The second-order valence-corrected chi connectivity index (χ2v) is 5.04. The first-order valence-corrected chi connectivity index (χ1v) is 7.09. The molecule has 4 heteroatoms. The molecule has 0 radical (unpaired) electrons. The van der Waals surface area contributed by atoms with E-state index in [9.17, 15) is 0 Å². The highest BCUT2D eigenvalue weighted by atomic mass is 16.5. The van der Waals surface area contributed by atoms with E-state index in [0.717, 1.165) is 28.4 Å². The summed E-state index contributed by atoms with van der Waals surface area (Å²) >= 11 is 0. The number of hydrogen-bond acceptors (Lipinski definition) is 4. The van der Waals surface area contributed by atoms with E-state index in [1.165, 1.54) is 5.56 Å². The Hall–Kier alpha value is -2.62. The van der Waals surface area contributed by atoms with Crippen LogP contribution in [0.15, 0.2) is 42.6 Å². The summed E-state index contributed by atoms with van der Waals surface area (Å²) in [4.78, 5) is 0. The number of rotatable bonds is 4. The number of nitrogens with one attached hydrogen (secondary N) is 1. The summed E-state index contributed by atoms with van der Waals surface area (Å²) in [5, 5.41) is 3.40. The summed E-state index contributed by atoms with van der Waals surface area (Å²) in [5.74, 6) is 2.32. The van der Waals surface area contributed by atoms with Gasteiger partial charge in [0.2, 0.25) is 0 Å². The van der Waals surface area contributed by atoms with Crippen LogP contribution in [-0.4, -0.2) is 21.3 Å². The van der Waals surface area contributed by atoms with E-state index >= 15 is 0 Å². The molecule has 0 amide bonds. The molecule has 1 unspecified atom stereocenters. The second-order valence-electron chi connectivity index (χ2n) is 5.04.